The van der Waals surface area contributed by atoms with Crippen LogP contribution in [0, 0.1) is 5.92 Å². The van der Waals surface area contributed by atoms with Crippen molar-refractivity contribution in [3.8, 4) is 0 Å². The molecule has 0 aromatic heterocycles. The molecule has 20 heavy (non-hydrogen) atoms. The van der Waals surface area contributed by atoms with Crippen LogP contribution in [0.4, 0.5) is 0 Å². The second kappa shape index (κ2) is 10.9. The van der Waals surface area contributed by atoms with Crippen molar-refractivity contribution in [2.45, 2.75) is 59.5 Å². The van der Waals surface area contributed by atoms with E-state index >= 15 is 0 Å². The molecule has 1 fully saturated rings. The Morgan fingerprint density at radius 2 is 1.60 bits per heavy atom. The molecule has 5 heteroatoms. The van der Waals surface area contributed by atoms with Gasteiger partial charge in [-0.2, -0.15) is 0 Å². The number of likely N-dealkylation sites (tertiary alicyclic amines) is 1. The molecule has 2 unspecified atom stereocenters. The van der Waals surface area contributed by atoms with E-state index in [2.05, 4.69) is 11.9 Å². The molecule has 4 N–H and O–H groups in total. The van der Waals surface area contributed by atoms with Crippen LogP contribution in [0.15, 0.2) is 0 Å². The van der Waals surface area contributed by atoms with Crippen LogP contribution in [-0.2, 0) is 9.59 Å². The van der Waals surface area contributed by atoms with Crippen LogP contribution in [0.25, 0.3) is 0 Å². The molecule has 1 rings (SSSR count). The van der Waals surface area contributed by atoms with Gasteiger partial charge in [-0.25, -0.2) is 0 Å². The molecule has 1 saturated heterocycles. The molecule has 0 spiro atoms. The van der Waals surface area contributed by atoms with Crippen LogP contribution < -0.4 is 11.5 Å². The van der Waals surface area contributed by atoms with Gasteiger partial charge in [0.1, 0.15) is 11.6 Å². The highest BCUT2D eigenvalue weighted by atomic mass is 16.1. The summed E-state index contributed by atoms with van der Waals surface area (Å²) in [4.78, 5) is 23.5. The van der Waals surface area contributed by atoms with E-state index in [9.17, 15) is 9.59 Å². The van der Waals surface area contributed by atoms with Crippen molar-refractivity contribution in [3.05, 3.63) is 0 Å². The van der Waals surface area contributed by atoms with Gasteiger partial charge in [-0.1, -0.05) is 14.4 Å². The maximum atomic E-state index is 11.0. The zero-order valence-electron chi connectivity index (χ0n) is 12.7. The van der Waals surface area contributed by atoms with Crippen LogP contribution >= 0.6 is 0 Å². The third kappa shape index (κ3) is 8.40. The first-order valence-electron chi connectivity index (χ1n) is 7.00. The van der Waals surface area contributed by atoms with Crippen molar-refractivity contribution in [2.75, 3.05) is 20.1 Å². The third-order valence-corrected chi connectivity index (χ3v) is 3.70. The van der Waals surface area contributed by atoms with E-state index in [0.29, 0.717) is 5.92 Å². The van der Waals surface area contributed by atoms with E-state index in [1.807, 2.05) is 6.92 Å². The first kappa shape index (κ1) is 21.5. The summed E-state index contributed by atoms with van der Waals surface area (Å²) in [7, 11) is 2.11. The molecule has 0 aromatic rings. The zero-order chi connectivity index (χ0) is 15.0. The standard InChI is InChI=1S/C9H18N2O.C5H11NO.CH4/c1-7(12)9(10)8-3-5-11(2)6-4-8;1-3-5(6)4(2)7;/h8-9H,3-6,10H2,1-2H3;5H,3,6H2,1-2H3;1H4. The molecular weight excluding hydrogens is 254 g/mol. The first-order chi connectivity index (χ1) is 8.79. The Hall–Kier alpha value is -0.780. The summed E-state index contributed by atoms with van der Waals surface area (Å²) in [6.07, 6.45) is 2.88. The number of carbonyl (C=O) groups excluding carboxylic acids is 2. The summed E-state index contributed by atoms with van der Waals surface area (Å²) < 4.78 is 0. The van der Waals surface area contributed by atoms with E-state index in [1.165, 1.54) is 6.92 Å². The number of nitrogens with zero attached hydrogens (tertiary/aromatic N) is 1. The number of hydrogen-bond acceptors (Lipinski definition) is 5. The van der Waals surface area contributed by atoms with Crippen molar-refractivity contribution in [1.82, 2.24) is 4.90 Å². The smallest absolute Gasteiger partial charge is 0.146 e. The highest BCUT2D eigenvalue weighted by molar-refractivity contribution is 5.81. The van der Waals surface area contributed by atoms with Gasteiger partial charge in [0.25, 0.3) is 0 Å². The minimum Gasteiger partial charge on any atom is -0.322 e. The topological polar surface area (TPSA) is 89.4 Å². The third-order valence-electron chi connectivity index (χ3n) is 3.70. The number of hydrogen-bond donors (Lipinski definition) is 2. The Morgan fingerprint density at radius 1 is 1.15 bits per heavy atom. The fraction of sp³-hybridized carbons (Fsp3) is 0.867. The van der Waals surface area contributed by atoms with Crippen molar-refractivity contribution in [3.63, 3.8) is 0 Å². The largest absolute Gasteiger partial charge is 0.322 e. The van der Waals surface area contributed by atoms with Gasteiger partial charge in [0.2, 0.25) is 0 Å². The number of Topliss-reactive ketones (excluding diaryl/α,β-unsaturated/α-hetero) is 2. The Balaban J connectivity index is 0. The van der Waals surface area contributed by atoms with Crippen molar-refractivity contribution < 1.29 is 9.59 Å². The lowest BCUT2D eigenvalue weighted by Crippen LogP contribution is -2.42. The molecule has 0 radical (unpaired) electrons. The Labute approximate surface area is 124 Å². The second-order valence-electron chi connectivity index (χ2n) is 5.40. The number of rotatable bonds is 4. The monoisotopic (exact) mass is 287 g/mol. The molecule has 0 amide bonds. The van der Waals surface area contributed by atoms with Gasteiger partial charge in [-0.15, -0.1) is 0 Å². The maximum Gasteiger partial charge on any atom is 0.146 e. The van der Waals surface area contributed by atoms with E-state index in [1.54, 1.807) is 6.92 Å². The van der Waals surface area contributed by atoms with E-state index in [-0.39, 0.29) is 31.1 Å². The fourth-order valence-electron chi connectivity index (χ4n) is 2.01. The van der Waals surface area contributed by atoms with Gasteiger partial charge < -0.3 is 16.4 Å². The van der Waals surface area contributed by atoms with Crippen LogP contribution in [-0.4, -0.2) is 48.7 Å². The molecule has 0 aliphatic carbocycles. The Kier molecular flexibility index (Phi) is 11.8. The molecule has 0 aromatic carbocycles. The number of ketones is 2. The Morgan fingerprint density at radius 3 is 1.85 bits per heavy atom. The van der Waals surface area contributed by atoms with Crippen LogP contribution in [0.2, 0.25) is 0 Å². The SMILES string of the molecule is C.CC(=O)C(N)C1CCN(C)CC1.CCC(N)C(C)=O. The van der Waals surface area contributed by atoms with Gasteiger partial charge in [-0.3, -0.25) is 9.59 Å². The summed E-state index contributed by atoms with van der Waals surface area (Å²) >= 11 is 0. The maximum absolute atomic E-state index is 11.0. The normalized spacial score (nSPS) is 19.1. The molecular formula is C15H33N3O2. The van der Waals surface area contributed by atoms with Crippen molar-refractivity contribution >= 4 is 11.6 Å². The molecule has 0 saturated carbocycles. The van der Waals surface area contributed by atoms with Gasteiger partial charge in [0, 0.05) is 0 Å². The van der Waals surface area contributed by atoms with E-state index < -0.39 is 0 Å². The predicted octanol–water partition coefficient (Wildman–Crippen LogP) is 1.19. The molecule has 2 atom stereocenters. The molecule has 1 aliphatic rings. The quantitative estimate of drug-likeness (QED) is 0.811. The zero-order valence-corrected chi connectivity index (χ0v) is 12.7. The van der Waals surface area contributed by atoms with Crippen molar-refractivity contribution in [1.29, 1.82) is 0 Å². The van der Waals surface area contributed by atoms with Gasteiger partial charge >= 0.3 is 0 Å². The minimum atomic E-state index is -0.236. The van der Waals surface area contributed by atoms with Gasteiger partial charge in [0.15, 0.2) is 0 Å². The minimum absolute atomic E-state index is 0. The van der Waals surface area contributed by atoms with E-state index in [0.717, 1.165) is 32.4 Å². The highest BCUT2D eigenvalue weighted by Crippen LogP contribution is 2.18. The van der Waals surface area contributed by atoms with Gasteiger partial charge in [-0.05, 0) is 59.2 Å². The summed E-state index contributed by atoms with van der Waals surface area (Å²) in [6, 6.07) is -0.460. The lowest BCUT2D eigenvalue weighted by atomic mass is 9.88. The molecule has 120 valence electrons. The number of nitrogens with two attached hydrogens (primary N) is 2. The second-order valence-corrected chi connectivity index (χ2v) is 5.40. The van der Waals surface area contributed by atoms with Crippen LogP contribution in [0.3, 0.4) is 0 Å². The highest BCUT2D eigenvalue weighted by Gasteiger charge is 2.24. The predicted molar refractivity (Wildman–Crippen MR) is 84.6 cm³/mol. The fourth-order valence-corrected chi connectivity index (χ4v) is 2.01. The summed E-state index contributed by atoms with van der Waals surface area (Å²) in [5.74, 6) is 0.616. The van der Waals surface area contributed by atoms with Crippen molar-refractivity contribution in [2.24, 2.45) is 17.4 Å². The lowest BCUT2D eigenvalue weighted by molar-refractivity contribution is -0.120. The number of piperidine rings is 1. The van der Waals surface area contributed by atoms with E-state index in [4.69, 9.17) is 11.5 Å². The molecule has 1 heterocycles. The summed E-state index contributed by atoms with van der Waals surface area (Å²) in [5, 5.41) is 0. The Bertz CT molecular complexity index is 287. The summed E-state index contributed by atoms with van der Waals surface area (Å²) in [5.41, 5.74) is 11.0. The molecule has 1 aliphatic heterocycles. The summed E-state index contributed by atoms with van der Waals surface area (Å²) in [6.45, 7) is 7.14. The average molecular weight is 287 g/mol. The average Bonchev–Trinajstić information content (AvgIpc) is 2.38. The molecule has 0 bridgehead atoms. The van der Waals surface area contributed by atoms with Crippen LogP contribution in [0.1, 0.15) is 47.5 Å². The molecule has 5 nitrogen and oxygen atoms in total. The van der Waals surface area contributed by atoms with Gasteiger partial charge in [0.05, 0.1) is 12.1 Å². The number of carbonyl (C=O) groups is 2. The first-order valence-corrected chi connectivity index (χ1v) is 7.00. The van der Waals surface area contributed by atoms with Crippen LogP contribution in [0.5, 0.6) is 0 Å². The lowest BCUT2D eigenvalue weighted by Gasteiger charge is -2.31.